The van der Waals surface area contributed by atoms with Crippen molar-refractivity contribution in [1.82, 2.24) is 10.6 Å². The minimum absolute atomic E-state index is 0. The second kappa shape index (κ2) is 8.40. The number of carbonyl (C=O) groups is 2. The van der Waals surface area contributed by atoms with Crippen LogP contribution in [0.3, 0.4) is 0 Å². The van der Waals surface area contributed by atoms with Crippen molar-refractivity contribution in [3.05, 3.63) is 0 Å². The van der Waals surface area contributed by atoms with Crippen LogP contribution >= 0.6 is 0 Å². The number of rotatable bonds is 6. The predicted octanol–water partition coefficient (Wildman–Crippen LogP) is 2.77. The second-order valence-electron chi connectivity index (χ2n) is 6.89. The van der Waals surface area contributed by atoms with E-state index in [2.05, 4.69) is 10.6 Å². The van der Waals surface area contributed by atoms with Crippen molar-refractivity contribution in [2.75, 3.05) is 0 Å². The molecule has 0 heterocycles. The van der Waals surface area contributed by atoms with Crippen molar-refractivity contribution in [3.8, 4) is 0 Å². The largest absolute Gasteiger partial charge is 0.345 e. The topological polar surface area (TPSA) is 58.2 Å². The molecule has 4 nitrogen and oxygen atoms in total. The van der Waals surface area contributed by atoms with E-state index in [1.807, 2.05) is 55.4 Å². The maximum Gasteiger partial charge on any atom is 0.237 e. The lowest BCUT2D eigenvalue weighted by atomic mass is 9.82. The molecule has 0 fully saturated rings. The lowest BCUT2D eigenvalue weighted by Crippen LogP contribution is -2.54. The predicted molar refractivity (Wildman–Crippen MR) is 85.7 cm³/mol. The maximum absolute atomic E-state index is 12.4. The zero-order chi connectivity index (χ0) is 15.4. The summed E-state index contributed by atoms with van der Waals surface area (Å²) in [6.07, 6.45) is 0. The Labute approximate surface area is 125 Å². The lowest BCUT2D eigenvalue weighted by Gasteiger charge is -2.29. The van der Waals surface area contributed by atoms with E-state index >= 15 is 0 Å². The second-order valence-corrected chi connectivity index (χ2v) is 6.89. The summed E-state index contributed by atoms with van der Waals surface area (Å²) in [6, 6.07) is -0.491. The maximum atomic E-state index is 12.4. The highest BCUT2D eigenvalue weighted by Gasteiger charge is 2.33. The Hall–Kier alpha value is -0.900. The van der Waals surface area contributed by atoms with Gasteiger partial charge in [0, 0.05) is 11.5 Å². The minimum Gasteiger partial charge on any atom is -0.345 e. The van der Waals surface area contributed by atoms with Gasteiger partial charge in [-0.25, -0.2) is 0 Å². The van der Waals surface area contributed by atoms with Crippen molar-refractivity contribution in [2.45, 2.75) is 80.9 Å². The van der Waals surface area contributed by atoms with Crippen molar-refractivity contribution in [1.29, 1.82) is 0 Å². The van der Waals surface area contributed by atoms with Gasteiger partial charge in [-0.05, 0) is 12.8 Å². The Bertz CT molecular complexity index is 317. The van der Waals surface area contributed by atoms with Crippen LogP contribution in [0.25, 0.3) is 0 Å². The number of ketones is 1. The molecule has 0 rings (SSSR count). The first-order chi connectivity index (χ1) is 8.46. The fraction of sp³-hybridized carbons (Fsp3) is 0.875. The molecule has 0 aliphatic rings. The van der Waals surface area contributed by atoms with Gasteiger partial charge in [0.05, 0.1) is 12.1 Å². The summed E-state index contributed by atoms with van der Waals surface area (Å²) < 4.78 is 0. The average molecular weight is 286 g/mol. The third-order valence-corrected chi connectivity index (χ3v) is 2.96. The third kappa shape index (κ3) is 7.04. The molecule has 4 heteroatoms. The van der Waals surface area contributed by atoms with Crippen LogP contribution in [0.15, 0.2) is 0 Å². The fourth-order valence-corrected chi connectivity index (χ4v) is 1.86. The Kier molecular flexibility index (Phi) is 8.99. The highest BCUT2D eigenvalue weighted by atomic mass is 16.2. The molecule has 0 radical (unpaired) electrons. The van der Waals surface area contributed by atoms with Crippen molar-refractivity contribution < 1.29 is 9.59 Å². The van der Waals surface area contributed by atoms with E-state index in [0.29, 0.717) is 0 Å². The van der Waals surface area contributed by atoms with E-state index in [-0.39, 0.29) is 37.1 Å². The van der Waals surface area contributed by atoms with Crippen LogP contribution < -0.4 is 10.6 Å². The lowest BCUT2D eigenvalue weighted by molar-refractivity contribution is -0.134. The van der Waals surface area contributed by atoms with E-state index in [9.17, 15) is 9.59 Å². The van der Waals surface area contributed by atoms with Gasteiger partial charge >= 0.3 is 0 Å². The smallest absolute Gasteiger partial charge is 0.237 e. The standard InChI is InChI=1S/C15H30N2O2.CH4/c1-9(2)12(13(18)15(6,7)8)17-14(19)11(5)16-10(3)4;/h9-12,16H,1-8H3,(H,17,19);1H4/t11-,12-;/m0./s1. The molecule has 0 aromatic carbocycles. The molecule has 2 atom stereocenters. The molecule has 2 N–H and O–H groups in total. The molecule has 0 aromatic rings. The van der Waals surface area contributed by atoms with Gasteiger partial charge in [-0.15, -0.1) is 0 Å². The van der Waals surface area contributed by atoms with Crippen LogP contribution in [0, 0.1) is 11.3 Å². The molecule has 120 valence electrons. The van der Waals surface area contributed by atoms with E-state index in [4.69, 9.17) is 0 Å². The van der Waals surface area contributed by atoms with Crippen molar-refractivity contribution in [3.63, 3.8) is 0 Å². The molecular formula is C16H34N2O2. The molecule has 1 amide bonds. The quantitative estimate of drug-likeness (QED) is 0.789. The summed E-state index contributed by atoms with van der Waals surface area (Å²) in [6.45, 7) is 15.3. The molecule has 0 aliphatic heterocycles. The van der Waals surface area contributed by atoms with Crippen LogP contribution in [0.2, 0.25) is 0 Å². The van der Waals surface area contributed by atoms with Crippen molar-refractivity contribution >= 4 is 11.7 Å². The fourth-order valence-electron chi connectivity index (χ4n) is 1.86. The number of Topliss-reactive ketones (excluding diaryl/α,β-unsaturated/α-hetero) is 1. The molecule has 0 aliphatic carbocycles. The monoisotopic (exact) mass is 286 g/mol. The first-order valence-electron chi connectivity index (χ1n) is 7.07. The number of hydrogen-bond acceptors (Lipinski definition) is 3. The third-order valence-electron chi connectivity index (χ3n) is 2.96. The first-order valence-corrected chi connectivity index (χ1v) is 7.07. The van der Waals surface area contributed by atoms with Gasteiger partial charge < -0.3 is 10.6 Å². The Balaban J connectivity index is 0. The Morgan fingerprint density at radius 3 is 1.70 bits per heavy atom. The van der Waals surface area contributed by atoms with Gasteiger partial charge in [-0.3, -0.25) is 9.59 Å². The van der Waals surface area contributed by atoms with E-state index in [1.165, 1.54) is 0 Å². The summed E-state index contributed by atoms with van der Waals surface area (Å²) in [4.78, 5) is 24.5. The van der Waals surface area contributed by atoms with Gasteiger partial charge in [-0.1, -0.05) is 55.9 Å². The number of amides is 1. The minimum atomic E-state index is -0.447. The first kappa shape index (κ1) is 21.4. The highest BCUT2D eigenvalue weighted by molar-refractivity contribution is 5.93. The summed E-state index contributed by atoms with van der Waals surface area (Å²) in [5.74, 6) is 0.0412. The zero-order valence-corrected chi connectivity index (χ0v) is 13.6. The zero-order valence-electron chi connectivity index (χ0n) is 13.6. The summed E-state index contributed by atoms with van der Waals surface area (Å²) in [5, 5.41) is 6.02. The van der Waals surface area contributed by atoms with Crippen LogP contribution in [-0.4, -0.2) is 29.8 Å². The number of nitrogens with one attached hydrogen (secondary N) is 2. The molecular weight excluding hydrogens is 252 g/mol. The van der Waals surface area contributed by atoms with E-state index in [1.54, 1.807) is 0 Å². The number of carbonyl (C=O) groups excluding carboxylic acids is 2. The summed E-state index contributed by atoms with van der Waals surface area (Å²) in [7, 11) is 0. The Morgan fingerprint density at radius 2 is 1.40 bits per heavy atom. The van der Waals surface area contributed by atoms with Crippen LogP contribution in [-0.2, 0) is 9.59 Å². The summed E-state index contributed by atoms with van der Waals surface area (Å²) in [5.41, 5.74) is -0.447. The van der Waals surface area contributed by atoms with Crippen LogP contribution in [0.1, 0.15) is 62.8 Å². The van der Waals surface area contributed by atoms with Crippen LogP contribution in [0.5, 0.6) is 0 Å². The van der Waals surface area contributed by atoms with Gasteiger partial charge in [0.25, 0.3) is 0 Å². The van der Waals surface area contributed by atoms with Gasteiger partial charge in [0.1, 0.15) is 0 Å². The van der Waals surface area contributed by atoms with E-state index < -0.39 is 11.5 Å². The SMILES string of the molecule is C.CC(C)N[C@@H](C)C(=O)N[C@H](C(=O)C(C)(C)C)C(C)C. The molecule has 0 saturated carbocycles. The average Bonchev–Trinajstić information content (AvgIpc) is 2.21. The molecule has 20 heavy (non-hydrogen) atoms. The molecule has 0 bridgehead atoms. The van der Waals surface area contributed by atoms with Gasteiger partial charge in [0.2, 0.25) is 5.91 Å². The van der Waals surface area contributed by atoms with Crippen molar-refractivity contribution in [2.24, 2.45) is 11.3 Å². The van der Waals surface area contributed by atoms with Crippen LogP contribution in [0.4, 0.5) is 0 Å². The molecule has 0 saturated heterocycles. The Morgan fingerprint density at radius 1 is 0.950 bits per heavy atom. The normalized spacial score (nSPS) is 14.7. The number of hydrogen-bond donors (Lipinski definition) is 2. The molecule has 0 unspecified atom stereocenters. The summed E-state index contributed by atoms with van der Waals surface area (Å²) >= 11 is 0. The van der Waals surface area contributed by atoms with Gasteiger partial charge in [-0.2, -0.15) is 0 Å². The molecule has 0 spiro atoms. The molecule has 0 aromatic heterocycles. The highest BCUT2D eigenvalue weighted by Crippen LogP contribution is 2.20. The van der Waals surface area contributed by atoms with Gasteiger partial charge in [0.15, 0.2) is 5.78 Å². The van der Waals surface area contributed by atoms with E-state index in [0.717, 1.165) is 0 Å².